The molecule has 1 amide bonds. The van der Waals surface area contributed by atoms with Gasteiger partial charge in [0.2, 0.25) is 0 Å². The highest BCUT2D eigenvalue weighted by molar-refractivity contribution is 6.00. The minimum absolute atomic E-state index is 0.152. The normalized spacial score (nSPS) is 19.0. The minimum Gasteiger partial charge on any atom is -0.378 e. The molecular formula is C20H18F2N4O. The van der Waals surface area contributed by atoms with Gasteiger partial charge in [0.25, 0.3) is 5.91 Å². The molecule has 0 aromatic heterocycles. The highest BCUT2D eigenvalue weighted by atomic mass is 19.1. The Kier molecular flexibility index (Phi) is 5.46. The molecule has 2 aromatic carbocycles. The van der Waals surface area contributed by atoms with Gasteiger partial charge in [0.15, 0.2) is 0 Å². The number of nitrogens with one attached hydrogen (secondary N) is 2. The predicted octanol–water partition coefficient (Wildman–Crippen LogP) is 3.02. The van der Waals surface area contributed by atoms with Crippen LogP contribution in [0.4, 0.5) is 14.5 Å². The van der Waals surface area contributed by atoms with Crippen LogP contribution in [-0.4, -0.2) is 24.3 Å². The summed E-state index contributed by atoms with van der Waals surface area (Å²) in [5.74, 6) is -1.67. The maximum atomic E-state index is 13.9. The van der Waals surface area contributed by atoms with E-state index in [-0.39, 0.29) is 23.9 Å². The zero-order valence-corrected chi connectivity index (χ0v) is 14.7. The quantitative estimate of drug-likeness (QED) is 0.851. The number of aliphatic imine (C=N–C) groups is 1. The Bertz CT molecular complexity index is 919. The van der Waals surface area contributed by atoms with Gasteiger partial charge in [-0.05, 0) is 49.2 Å². The van der Waals surface area contributed by atoms with E-state index in [1.165, 1.54) is 12.1 Å². The standard InChI is InChI=1S/C20H18F2N4O/c1-12-17(8-14-4-5-15(21)9-18(14)22)20(27)26-19(25-12)11-24-16-6-2-13(10-23)3-7-16/h2-7,9,12,17,24H,8,11H2,1H3,(H,25,26,27). The summed E-state index contributed by atoms with van der Waals surface area (Å²) in [5.41, 5.74) is 1.65. The zero-order chi connectivity index (χ0) is 19.4. The summed E-state index contributed by atoms with van der Waals surface area (Å²) in [6.45, 7) is 2.15. The number of carbonyl (C=O) groups is 1. The summed E-state index contributed by atoms with van der Waals surface area (Å²) in [5, 5.41) is 15.1. The molecule has 2 aromatic rings. The highest BCUT2D eigenvalue weighted by Crippen LogP contribution is 2.20. The molecule has 2 atom stereocenters. The van der Waals surface area contributed by atoms with Crippen LogP contribution < -0.4 is 10.6 Å². The highest BCUT2D eigenvalue weighted by Gasteiger charge is 2.31. The molecule has 1 aliphatic rings. The molecule has 0 saturated heterocycles. The van der Waals surface area contributed by atoms with E-state index in [9.17, 15) is 13.6 Å². The molecule has 2 N–H and O–H groups in total. The lowest BCUT2D eigenvalue weighted by Crippen LogP contribution is -2.48. The van der Waals surface area contributed by atoms with Crippen molar-refractivity contribution < 1.29 is 13.6 Å². The second-order valence-electron chi connectivity index (χ2n) is 6.42. The topological polar surface area (TPSA) is 77.3 Å². The fraction of sp³-hybridized carbons (Fsp3) is 0.250. The number of hydrogen-bond donors (Lipinski definition) is 2. The maximum Gasteiger partial charge on any atom is 0.252 e. The van der Waals surface area contributed by atoms with Gasteiger partial charge in [0.1, 0.15) is 17.5 Å². The van der Waals surface area contributed by atoms with Crippen LogP contribution in [0, 0.1) is 28.9 Å². The minimum atomic E-state index is -0.660. The van der Waals surface area contributed by atoms with E-state index in [1.807, 2.05) is 13.0 Å². The fourth-order valence-corrected chi connectivity index (χ4v) is 2.95. The number of amides is 1. The van der Waals surface area contributed by atoms with Crippen molar-refractivity contribution in [3.8, 4) is 6.07 Å². The molecule has 0 aliphatic carbocycles. The second kappa shape index (κ2) is 7.96. The van der Waals surface area contributed by atoms with Crippen molar-refractivity contribution in [2.45, 2.75) is 19.4 Å². The third-order valence-corrected chi connectivity index (χ3v) is 4.49. The van der Waals surface area contributed by atoms with Crippen LogP contribution in [0.5, 0.6) is 0 Å². The monoisotopic (exact) mass is 368 g/mol. The molecule has 138 valence electrons. The first-order valence-electron chi connectivity index (χ1n) is 8.52. The number of amidine groups is 1. The Labute approximate surface area is 155 Å². The fourth-order valence-electron chi connectivity index (χ4n) is 2.95. The summed E-state index contributed by atoms with van der Waals surface area (Å²) in [7, 11) is 0. The molecular weight excluding hydrogens is 350 g/mol. The number of anilines is 1. The van der Waals surface area contributed by atoms with Gasteiger partial charge in [-0.15, -0.1) is 0 Å². The van der Waals surface area contributed by atoms with Crippen molar-refractivity contribution in [1.29, 1.82) is 5.26 Å². The number of nitriles is 1. The van der Waals surface area contributed by atoms with E-state index in [4.69, 9.17) is 5.26 Å². The van der Waals surface area contributed by atoms with Crippen LogP contribution >= 0.6 is 0 Å². The van der Waals surface area contributed by atoms with Crippen molar-refractivity contribution in [2.75, 3.05) is 11.9 Å². The third-order valence-electron chi connectivity index (χ3n) is 4.49. The van der Waals surface area contributed by atoms with Gasteiger partial charge in [-0.25, -0.2) is 8.78 Å². The Hall–Kier alpha value is -3.27. The van der Waals surface area contributed by atoms with E-state index in [0.29, 0.717) is 17.9 Å². The first kappa shape index (κ1) is 18.5. The number of carbonyl (C=O) groups excluding carboxylic acids is 1. The number of rotatable bonds is 5. The largest absolute Gasteiger partial charge is 0.378 e. The lowest BCUT2D eigenvalue weighted by molar-refractivity contribution is -0.122. The smallest absolute Gasteiger partial charge is 0.252 e. The first-order chi connectivity index (χ1) is 13.0. The van der Waals surface area contributed by atoms with Crippen molar-refractivity contribution in [2.24, 2.45) is 10.9 Å². The van der Waals surface area contributed by atoms with Gasteiger partial charge >= 0.3 is 0 Å². The van der Waals surface area contributed by atoms with Gasteiger partial charge in [0.05, 0.1) is 24.1 Å². The van der Waals surface area contributed by atoms with Crippen LogP contribution in [0.3, 0.4) is 0 Å². The van der Waals surface area contributed by atoms with Crippen molar-refractivity contribution in [3.05, 3.63) is 65.2 Å². The second-order valence-corrected chi connectivity index (χ2v) is 6.42. The lowest BCUT2D eigenvalue weighted by atomic mass is 9.91. The number of hydrogen-bond acceptors (Lipinski definition) is 4. The summed E-state index contributed by atoms with van der Waals surface area (Å²) < 4.78 is 26.9. The van der Waals surface area contributed by atoms with Crippen LogP contribution in [-0.2, 0) is 11.2 Å². The summed E-state index contributed by atoms with van der Waals surface area (Å²) >= 11 is 0. The number of benzene rings is 2. The van der Waals surface area contributed by atoms with Crippen LogP contribution in [0.1, 0.15) is 18.1 Å². The molecule has 0 fully saturated rings. The van der Waals surface area contributed by atoms with E-state index in [1.54, 1.807) is 24.3 Å². The Morgan fingerprint density at radius 3 is 2.59 bits per heavy atom. The average molecular weight is 368 g/mol. The molecule has 0 radical (unpaired) electrons. The average Bonchev–Trinajstić information content (AvgIpc) is 2.65. The van der Waals surface area contributed by atoms with Gasteiger partial charge < -0.3 is 10.6 Å². The molecule has 1 aliphatic heterocycles. The first-order valence-corrected chi connectivity index (χ1v) is 8.52. The Morgan fingerprint density at radius 2 is 1.96 bits per heavy atom. The Balaban J connectivity index is 1.64. The summed E-state index contributed by atoms with van der Waals surface area (Å²) in [6, 6.07) is 12.1. The zero-order valence-electron chi connectivity index (χ0n) is 14.7. The van der Waals surface area contributed by atoms with Crippen molar-refractivity contribution >= 4 is 17.4 Å². The van der Waals surface area contributed by atoms with Gasteiger partial charge in [-0.2, -0.15) is 10.3 Å². The van der Waals surface area contributed by atoms with Gasteiger partial charge in [-0.3, -0.25) is 4.79 Å². The predicted molar refractivity (Wildman–Crippen MR) is 98.2 cm³/mol. The van der Waals surface area contributed by atoms with Crippen molar-refractivity contribution in [1.82, 2.24) is 5.32 Å². The Morgan fingerprint density at radius 1 is 1.22 bits per heavy atom. The number of nitrogens with zero attached hydrogens (tertiary/aromatic N) is 2. The van der Waals surface area contributed by atoms with Crippen molar-refractivity contribution in [3.63, 3.8) is 0 Å². The number of halogens is 2. The van der Waals surface area contributed by atoms with E-state index < -0.39 is 17.6 Å². The van der Waals surface area contributed by atoms with Crippen LogP contribution in [0.15, 0.2) is 47.5 Å². The molecule has 27 heavy (non-hydrogen) atoms. The van der Waals surface area contributed by atoms with Crippen LogP contribution in [0.25, 0.3) is 0 Å². The van der Waals surface area contributed by atoms with E-state index in [0.717, 1.165) is 11.8 Å². The summed E-state index contributed by atoms with van der Waals surface area (Å²) in [6.07, 6.45) is 0.152. The molecule has 0 spiro atoms. The molecule has 1 heterocycles. The van der Waals surface area contributed by atoms with Crippen LogP contribution in [0.2, 0.25) is 0 Å². The molecule has 2 unspecified atom stereocenters. The van der Waals surface area contributed by atoms with E-state index >= 15 is 0 Å². The lowest BCUT2D eigenvalue weighted by Gasteiger charge is -2.29. The SMILES string of the molecule is CC1NC(CNc2ccc(C#N)cc2)=NC(=O)C1Cc1ccc(F)cc1F. The molecule has 5 nitrogen and oxygen atoms in total. The maximum absolute atomic E-state index is 13.9. The molecule has 0 saturated carbocycles. The molecule has 7 heteroatoms. The molecule has 0 bridgehead atoms. The van der Waals surface area contributed by atoms with E-state index in [2.05, 4.69) is 15.6 Å². The van der Waals surface area contributed by atoms with Gasteiger partial charge in [0, 0.05) is 17.8 Å². The summed E-state index contributed by atoms with van der Waals surface area (Å²) in [4.78, 5) is 16.5. The van der Waals surface area contributed by atoms with Gasteiger partial charge in [-0.1, -0.05) is 6.07 Å². The third kappa shape index (κ3) is 4.47. The molecule has 3 rings (SSSR count).